The summed E-state index contributed by atoms with van der Waals surface area (Å²) >= 11 is 0. The normalized spacial score (nSPS) is 4.93. The van der Waals surface area contributed by atoms with Crippen LogP contribution in [-0.2, 0) is 131 Å². The van der Waals surface area contributed by atoms with Crippen molar-refractivity contribution in [2.24, 2.45) is 22.2 Å². The second-order valence-electron chi connectivity index (χ2n) is 4.11. The van der Waals surface area contributed by atoms with Crippen LogP contribution in [0.25, 0.3) is 0 Å². The van der Waals surface area contributed by atoms with Crippen molar-refractivity contribution >= 4 is 6.21 Å². The molecular weight excluding hydrogens is 854 g/mol. The molecule has 0 fully saturated rings. The summed E-state index contributed by atoms with van der Waals surface area (Å²) in [5.41, 5.74) is 13.5. The molecule has 0 bridgehead atoms. The Kier molecular flexibility index (Phi) is 596. The summed E-state index contributed by atoms with van der Waals surface area (Å²) in [7, 11) is 15.3. The van der Waals surface area contributed by atoms with Crippen LogP contribution in [0.3, 0.4) is 0 Å². The Morgan fingerprint density at radius 3 is 0.727 bits per heavy atom. The van der Waals surface area contributed by atoms with E-state index in [4.69, 9.17) is 0 Å². The van der Waals surface area contributed by atoms with Crippen LogP contribution in [0.15, 0.2) is 49.5 Å². The third-order valence-electron chi connectivity index (χ3n) is 2.14. The fourth-order valence-electron chi connectivity index (χ4n) is 0.250. The van der Waals surface area contributed by atoms with Gasteiger partial charge in [-0.15, -0.1) is 0 Å². The number of hydrogen-bond donors (Lipinski definition) is 8. The predicted octanol–water partition coefficient (Wildman–Crippen LogP) is 4.97. The van der Waals surface area contributed by atoms with Crippen LogP contribution < -0.4 is 43.8 Å². The number of hydrogen-bond acceptors (Lipinski definition) is 9. The molecule has 0 aliphatic rings. The fourth-order valence-corrected chi connectivity index (χ4v) is 0.250. The number of nitrogens with one attached hydrogen (secondary N) is 5. The summed E-state index contributed by atoms with van der Waals surface area (Å²) in [6.07, 6.45) is 11.5. The van der Waals surface area contributed by atoms with Crippen molar-refractivity contribution in [3.8, 4) is 0 Å². The Hall–Kier alpha value is 1.67. The van der Waals surface area contributed by atoms with E-state index in [1.807, 2.05) is 62.8 Å². The summed E-state index contributed by atoms with van der Waals surface area (Å²) in [5, 5.41) is 13.8. The third kappa shape index (κ3) is 426. The second-order valence-corrected chi connectivity index (χ2v) is 4.11. The molecule has 13 heteroatoms. The molecule has 0 aromatic carbocycles. The number of allylic oxidation sites excluding steroid dienone is 2. The molecule has 0 heterocycles. The SMILES string of the molecule is C=C(NC)NC.C=C(NC)NC.C=[C-]CC.C=[C-]CC.C=[C-]NC.CC.CC=NC.CN.CN.CN.[CH3-].[CH3-].[CH3-].[CH3-].[Y].[Y].[Y].[Y]. The van der Waals surface area contributed by atoms with E-state index in [2.05, 4.69) is 100 Å². The minimum absolute atomic E-state index is 0. The quantitative estimate of drug-likeness (QED) is 0.102. The molecule has 0 amide bonds. The maximum absolute atomic E-state index is 4.50. The van der Waals surface area contributed by atoms with E-state index in [0.29, 0.717) is 0 Å². The molecule has 0 saturated heterocycles. The minimum atomic E-state index is 0. The monoisotopic (exact) mass is 934 g/mol. The maximum atomic E-state index is 4.50. The molecule has 0 aromatic rings. The van der Waals surface area contributed by atoms with E-state index in [9.17, 15) is 0 Å². The first-order valence-electron chi connectivity index (χ1n) is 11.7. The maximum Gasteiger partial charge on any atom is 0.0907 e. The van der Waals surface area contributed by atoms with Crippen LogP contribution in [0.4, 0.5) is 0 Å². The Bertz CT molecular complexity index is 314. The van der Waals surface area contributed by atoms with Gasteiger partial charge < -0.3 is 96.8 Å². The van der Waals surface area contributed by atoms with Crippen molar-refractivity contribution in [3.63, 3.8) is 0 Å². The number of nitrogens with two attached hydrogens (primary N) is 3. The minimum Gasteiger partial charge on any atom is -0.570 e. The van der Waals surface area contributed by atoms with Crippen LogP contribution >= 0.6 is 0 Å². The Morgan fingerprint density at radius 2 is 0.727 bits per heavy atom. The standard InChI is InChI=1S/2C4H10N2.2C4H7.C3H7N.C3H6N.C2H6.3CH5N.4CH3.4Y/c2*1-4(5-2)6-3;4*1-3-4-2;4*1-2;;;;;;;;/h2*5-6H,1H2,2-3H3;2*1,4H2,2H3;3H,1-2H3;4H,1H2,2H3;1-2H3;3*2H2,1H3;4*1H3;;;;/q;;2*-1;;-1;;;;;4*-1;;;;. The molecule has 0 aliphatic carbocycles. The van der Waals surface area contributed by atoms with E-state index < -0.39 is 0 Å². The zero-order valence-electron chi connectivity index (χ0n) is 33.0. The van der Waals surface area contributed by atoms with Crippen molar-refractivity contribution in [1.82, 2.24) is 26.6 Å². The molecule has 0 spiro atoms. The average molecular weight is 935 g/mol. The number of aliphatic imine (C=N–C) groups is 1. The van der Waals surface area contributed by atoms with Gasteiger partial charge in [-0.1, -0.05) is 40.9 Å². The van der Waals surface area contributed by atoms with Crippen molar-refractivity contribution in [2.45, 2.75) is 47.5 Å². The van der Waals surface area contributed by atoms with Gasteiger partial charge in [0.15, 0.2) is 0 Å². The van der Waals surface area contributed by atoms with Gasteiger partial charge in [0.25, 0.3) is 0 Å². The summed E-state index contributed by atoms with van der Waals surface area (Å²) < 4.78 is 0. The zero-order chi connectivity index (χ0) is 31.6. The van der Waals surface area contributed by atoms with Crippen LogP contribution in [0, 0.1) is 48.1 Å². The average Bonchev–Trinajstić information content (AvgIpc) is 3.00. The molecular formula is C31H80N9Y4-7. The van der Waals surface area contributed by atoms with Gasteiger partial charge in [0.2, 0.25) is 0 Å². The zero-order valence-corrected chi connectivity index (χ0v) is 44.4. The first-order chi connectivity index (χ1) is 17.3. The Balaban J connectivity index is -0.0000000107. The van der Waals surface area contributed by atoms with Gasteiger partial charge in [-0.25, -0.2) is 0 Å². The smallest absolute Gasteiger partial charge is 0.0907 e. The second kappa shape index (κ2) is 220. The summed E-state index contributed by atoms with van der Waals surface area (Å²) in [5.74, 6) is 1.69. The Morgan fingerprint density at radius 1 is 0.614 bits per heavy atom. The summed E-state index contributed by atoms with van der Waals surface area (Å²) in [6, 6.07) is 0. The molecule has 44 heavy (non-hydrogen) atoms. The molecule has 268 valence electrons. The van der Waals surface area contributed by atoms with Crippen LogP contribution in [0.2, 0.25) is 0 Å². The molecule has 0 aliphatic heterocycles. The molecule has 0 saturated carbocycles. The van der Waals surface area contributed by atoms with Crippen LogP contribution in [0.1, 0.15) is 47.5 Å². The summed E-state index contributed by atoms with van der Waals surface area (Å²) in [6.45, 7) is 27.0. The molecule has 9 nitrogen and oxygen atoms in total. The summed E-state index contributed by atoms with van der Waals surface area (Å²) in [4.78, 5) is 3.61. The topological polar surface area (TPSA) is 151 Å². The molecule has 0 atom stereocenters. The first-order valence-corrected chi connectivity index (χ1v) is 11.7. The van der Waals surface area contributed by atoms with E-state index in [-0.39, 0.29) is 161 Å². The van der Waals surface area contributed by atoms with E-state index >= 15 is 0 Å². The van der Waals surface area contributed by atoms with E-state index in [1.54, 1.807) is 20.3 Å². The van der Waals surface area contributed by atoms with Crippen LogP contribution in [0.5, 0.6) is 0 Å². The van der Waals surface area contributed by atoms with Gasteiger partial charge in [-0.05, 0) is 41.3 Å². The van der Waals surface area contributed by atoms with Gasteiger partial charge >= 0.3 is 0 Å². The van der Waals surface area contributed by atoms with Gasteiger partial charge in [0, 0.05) is 166 Å². The van der Waals surface area contributed by atoms with Gasteiger partial charge in [-0.2, -0.15) is 12.8 Å². The van der Waals surface area contributed by atoms with Gasteiger partial charge in [-0.3, -0.25) is 19.7 Å². The van der Waals surface area contributed by atoms with Crippen molar-refractivity contribution in [3.05, 3.63) is 92.6 Å². The predicted molar refractivity (Wildman–Crippen MR) is 198 cm³/mol. The van der Waals surface area contributed by atoms with Crippen molar-refractivity contribution < 1.29 is 131 Å². The number of nitrogens with zero attached hydrogens (tertiary/aromatic N) is 1. The fraction of sp³-hybridized carbons (Fsp3) is 0.516. The number of rotatable bonds is 7. The largest absolute Gasteiger partial charge is 0.570 e. The molecule has 4 radical (unpaired) electrons. The van der Waals surface area contributed by atoms with Crippen molar-refractivity contribution in [1.29, 1.82) is 0 Å². The molecule has 0 aromatic heterocycles. The Labute approximate surface area is 384 Å². The van der Waals surface area contributed by atoms with E-state index in [1.165, 1.54) is 21.1 Å². The van der Waals surface area contributed by atoms with Gasteiger partial charge in [0.05, 0.1) is 11.6 Å². The molecule has 0 unspecified atom stereocenters. The van der Waals surface area contributed by atoms with Crippen molar-refractivity contribution in [2.75, 3.05) is 63.4 Å². The first kappa shape index (κ1) is 119. The van der Waals surface area contributed by atoms with Gasteiger partial charge in [0.1, 0.15) is 0 Å². The van der Waals surface area contributed by atoms with Crippen LogP contribution in [-0.4, -0.2) is 69.6 Å². The molecule has 0 rings (SSSR count). The van der Waals surface area contributed by atoms with E-state index in [0.717, 1.165) is 24.5 Å². The molecule has 11 N–H and O–H groups in total. The third-order valence-corrected chi connectivity index (χ3v) is 2.14.